The zero-order valence-corrected chi connectivity index (χ0v) is 11.6. The van der Waals surface area contributed by atoms with Gasteiger partial charge < -0.3 is 5.73 Å². The summed E-state index contributed by atoms with van der Waals surface area (Å²) in [5.74, 6) is 0.0592. The van der Waals surface area contributed by atoms with E-state index in [1.54, 1.807) is 0 Å². The number of nitrogen functional groups attached to an aromatic ring is 1. The number of nitriles is 1. The van der Waals surface area contributed by atoms with Crippen LogP contribution in [0.2, 0.25) is 5.02 Å². The van der Waals surface area contributed by atoms with E-state index < -0.39 is 10.0 Å². The number of benzene rings is 1. The van der Waals surface area contributed by atoms with E-state index in [-0.39, 0.29) is 15.7 Å². The van der Waals surface area contributed by atoms with Crippen molar-refractivity contribution in [2.45, 2.75) is 4.90 Å². The zero-order valence-electron chi connectivity index (χ0n) is 10.0. The summed E-state index contributed by atoms with van der Waals surface area (Å²) in [6.07, 6.45) is 1.12. The van der Waals surface area contributed by atoms with Crippen LogP contribution in [0.1, 0.15) is 5.56 Å². The Balaban J connectivity index is 2.30. The lowest BCUT2D eigenvalue weighted by Gasteiger charge is -2.08. The van der Waals surface area contributed by atoms with Crippen molar-refractivity contribution < 1.29 is 8.42 Å². The minimum absolute atomic E-state index is 0.0592. The fourth-order valence-electron chi connectivity index (χ4n) is 1.40. The van der Waals surface area contributed by atoms with E-state index in [2.05, 4.69) is 9.71 Å². The minimum Gasteiger partial charge on any atom is -0.382 e. The van der Waals surface area contributed by atoms with E-state index in [0.29, 0.717) is 11.3 Å². The van der Waals surface area contributed by atoms with Crippen molar-refractivity contribution in [3.05, 3.63) is 47.1 Å². The van der Waals surface area contributed by atoms with E-state index in [0.717, 1.165) is 6.20 Å². The highest BCUT2D eigenvalue weighted by Crippen LogP contribution is 2.22. The maximum absolute atomic E-state index is 12.1. The molecule has 0 saturated heterocycles. The first-order chi connectivity index (χ1) is 9.42. The van der Waals surface area contributed by atoms with Crippen molar-refractivity contribution in [1.82, 2.24) is 4.98 Å². The molecule has 3 N–H and O–H groups in total. The van der Waals surface area contributed by atoms with E-state index in [9.17, 15) is 8.42 Å². The summed E-state index contributed by atoms with van der Waals surface area (Å²) < 4.78 is 26.6. The highest BCUT2D eigenvalue weighted by Gasteiger charge is 2.16. The maximum Gasteiger partial charge on any atom is 0.263 e. The molecule has 2 aromatic rings. The monoisotopic (exact) mass is 308 g/mol. The predicted molar refractivity (Wildman–Crippen MR) is 75.6 cm³/mol. The fraction of sp³-hybridized carbons (Fsp3) is 0. The van der Waals surface area contributed by atoms with Crippen molar-refractivity contribution in [3.63, 3.8) is 0 Å². The van der Waals surface area contributed by atoms with E-state index >= 15 is 0 Å². The SMILES string of the molecule is N#Cc1ccc(NS(=O)(=O)c2cnc(N)c(Cl)c2)cc1. The smallest absolute Gasteiger partial charge is 0.263 e. The predicted octanol–water partition coefficient (Wildman–Crippen LogP) is 1.99. The van der Waals surface area contributed by atoms with Crippen LogP contribution in [0.15, 0.2) is 41.4 Å². The Labute approximate surface area is 120 Å². The third-order valence-corrected chi connectivity index (χ3v) is 4.07. The maximum atomic E-state index is 12.1. The molecule has 0 fully saturated rings. The Morgan fingerprint density at radius 3 is 2.50 bits per heavy atom. The van der Waals surface area contributed by atoms with Gasteiger partial charge in [0, 0.05) is 11.9 Å². The number of nitrogens with zero attached hydrogens (tertiary/aromatic N) is 2. The number of nitrogens with one attached hydrogen (secondary N) is 1. The molecule has 1 aromatic carbocycles. The molecule has 1 heterocycles. The van der Waals surface area contributed by atoms with Gasteiger partial charge >= 0.3 is 0 Å². The minimum atomic E-state index is -3.81. The number of anilines is 2. The summed E-state index contributed by atoms with van der Waals surface area (Å²) in [7, 11) is -3.81. The molecule has 8 heteroatoms. The van der Waals surface area contributed by atoms with Crippen molar-refractivity contribution >= 4 is 33.1 Å². The number of pyridine rings is 1. The summed E-state index contributed by atoms with van der Waals surface area (Å²) >= 11 is 5.75. The number of aromatic nitrogens is 1. The molecule has 0 aliphatic heterocycles. The number of hydrogen-bond donors (Lipinski definition) is 2. The Kier molecular flexibility index (Phi) is 3.79. The third-order valence-electron chi connectivity index (χ3n) is 2.42. The van der Waals surface area contributed by atoms with Crippen LogP contribution in [0, 0.1) is 11.3 Å². The zero-order chi connectivity index (χ0) is 14.8. The number of nitrogens with two attached hydrogens (primary N) is 1. The molecular formula is C12H9ClN4O2S. The van der Waals surface area contributed by atoms with Crippen LogP contribution in [-0.2, 0) is 10.0 Å². The second-order valence-corrected chi connectivity index (χ2v) is 5.92. The Morgan fingerprint density at radius 1 is 1.30 bits per heavy atom. The molecule has 20 heavy (non-hydrogen) atoms. The van der Waals surface area contributed by atoms with Crippen LogP contribution in [-0.4, -0.2) is 13.4 Å². The van der Waals surface area contributed by atoms with Gasteiger partial charge in [0.25, 0.3) is 10.0 Å². The first-order valence-electron chi connectivity index (χ1n) is 5.36. The summed E-state index contributed by atoms with van der Waals surface area (Å²) in [5, 5.41) is 8.73. The second kappa shape index (κ2) is 5.36. The normalized spacial score (nSPS) is 10.8. The lowest BCUT2D eigenvalue weighted by atomic mass is 10.2. The average molecular weight is 309 g/mol. The van der Waals surface area contributed by atoms with Crippen molar-refractivity contribution in [1.29, 1.82) is 5.26 Å². The first-order valence-corrected chi connectivity index (χ1v) is 7.22. The topological polar surface area (TPSA) is 109 Å². The third kappa shape index (κ3) is 2.99. The van der Waals surface area contributed by atoms with Crippen LogP contribution in [0.3, 0.4) is 0 Å². The van der Waals surface area contributed by atoms with Crippen molar-refractivity contribution in [2.75, 3.05) is 10.5 Å². The van der Waals surface area contributed by atoms with Gasteiger partial charge in [-0.2, -0.15) is 5.26 Å². The molecular weight excluding hydrogens is 300 g/mol. The lowest BCUT2D eigenvalue weighted by molar-refractivity contribution is 0.601. The summed E-state index contributed by atoms with van der Waals surface area (Å²) in [6, 6.07) is 9.15. The van der Waals surface area contributed by atoms with E-state index in [1.165, 1.54) is 30.3 Å². The van der Waals surface area contributed by atoms with Crippen LogP contribution in [0.4, 0.5) is 11.5 Å². The van der Waals surface area contributed by atoms with Gasteiger partial charge in [-0.3, -0.25) is 4.72 Å². The Hall–Kier alpha value is -2.30. The quantitative estimate of drug-likeness (QED) is 0.901. The van der Waals surface area contributed by atoms with Crippen molar-refractivity contribution in [3.8, 4) is 6.07 Å². The molecule has 0 unspecified atom stereocenters. The molecule has 0 atom stereocenters. The molecule has 1 aromatic heterocycles. The second-order valence-electron chi connectivity index (χ2n) is 3.83. The van der Waals surface area contributed by atoms with Gasteiger partial charge in [-0.15, -0.1) is 0 Å². The van der Waals surface area contributed by atoms with Crippen LogP contribution in [0.25, 0.3) is 0 Å². The summed E-state index contributed by atoms with van der Waals surface area (Å²) in [6.45, 7) is 0. The molecule has 0 spiro atoms. The van der Waals surface area contributed by atoms with E-state index in [1.807, 2.05) is 6.07 Å². The molecule has 0 radical (unpaired) electrons. The number of sulfonamides is 1. The van der Waals surface area contributed by atoms with Gasteiger partial charge in [-0.1, -0.05) is 11.6 Å². The standard InChI is InChI=1S/C12H9ClN4O2S/c13-11-5-10(7-16-12(11)15)20(18,19)17-9-3-1-8(6-14)2-4-9/h1-5,7,17H,(H2,15,16). The van der Waals surface area contributed by atoms with Crippen LogP contribution < -0.4 is 10.5 Å². The molecule has 0 aliphatic carbocycles. The number of halogens is 1. The lowest BCUT2D eigenvalue weighted by Crippen LogP contribution is -2.13. The molecule has 0 aliphatic rings. The first kappa shape index (κ1) is 14.1. The summed E-state index contributed by atoms with van der Waals surface area (Å²) in [5.41, 5.74) is 6.19. The highest BCUT2D eigenvalue weighted by molar-refractivity contribution is 7.92. The largest absolute Gasteiger partial charge is 0.382 e. The van der Waals surface area contributed by atoms with Crippen molar-refractivity contribution in [2.24, 2.45) is 0 Å². The van der Waals surface area contributed by atoms with Gasteiger partial charge in [0.1, 0.15) is 10.7 Å². The highest BCUT2D eigenvalue weighted by atomic mass is 35.5. The number of rotatable bonds is 3. The number of hydrogen-bond acceptors (Lipinski definition) is 5. The molecule has 0 bridgehead atoms. The van der Waals surface area contributed by atoms with Gasteiger partial charge in [-0.25, -0.2) is 13.4 Å². The van der Waals surface area contributed by atoms with Gasteiger partial charge in [0.15, 0.2) is 0 Å². The Morgan fingerprint density at radius 2 is 1.95 bits per heavy atom. The van der Waals surface area contributed by atoms with Gasteiger partial charge in [0.2, 0.25) is 0 Å². The van der Waals surface area contributed by atoms with Crippen LogP contribution in [0.5, 0.6) is 0 Å². The molecule has 0 saturated carbocycles. The summed E-state index contributed by atoms with van der Waals surface area (Å²) in [4.78, 5) is 3.60. The fourth-order valence-corrected chi connectivity index (χ4v) is 2.66. The van der Waals surface area contributed by atoms with Gasteiger partial charge in [-0.05, 0) is 30.3 Å². The average Bonchev–Trinajstić information content (AvgIpc) is 2.42. The molecule has 2 rings (SSSR count). The molecule has 6 nitrogen and oxygen atoms in total. The molecule has 0 amide bonds. The Bertz CT molecular complexity index is 782. The van der Waals surface area contributed by atoms with Gasteiger partial charge in [0.05, 0.1) is 16.7 Å². The van der Waals surface area contributed by atoms with E-state index in [4.69, 9.17) is 22.6 Å². The van der Waals surface area contributed by atoms with Crippen LogP contribution >= 0.6 is 11.6 Å². The molecule has 102 valence electrons.